The summed E-state index contributed by atoms with van der Waals surface area (Å²) in [5.41, 5.74) is -0.480. The predicted molar refractivity (Wildman–Crippen MR) is 66.3 cm³/mol. The fourth-order valence-corrected chi connectivity index (χ4v) is 1.72. The predicted octanol–water partition coefficient (Wildman–Crippen LogP) is 1.99. The van der Waals surface area contributed by atoms with Gasteiger partial charge in [-0.2, -0.15) is 0 Å². The van der Waals surface area contributed by atoms with Gasteiger partial charge in [0.25, 0.3) is 0 Å². The molecule has 0 saturated heterocycles. The van der Waals surface area contributed by atoms with E-state index in [2.05, 4.69) is 5.32 Å². The van der Waals surface area contributed by atoms with Crippen LogP contribution in [0.2, 0.25) is 0 Å². The van der Waals surface area contributed by atoms with Crippen LogP contribution in [0.5, 0.6) is 5.75 Å². The van der Waals surface area contributed by atoms with E-state index in [0.29, 0.717) is 17.9 Å². The first-order valence-corrected chi connectivity index (χ1v) is 5.68. The van der Waals surface area contributed by atoms with E-state index in [1.54, 1.807) is 26.2 Å². The number of para-hydroxylation sites is 1. The molecule has 1 aromatic carbocycles. The summed E-state index contributed by atoms with van der Waals surface area (Å²) in [7, 11) is 1.54. The summed E-state index contributed by atoms with van der Waals surface area (Å²) in [6.45, 7) is 4.29. The molecule has 1 aromatic rings. The Morgan fingerprint density at radius 3 is 2.65 bits per heavy atom. The van der Waals surface area contributed by atoms with Crippen LogP contribution in [0.1, 0.15) is 25.8 Å². The highest BCUT2D eigenvalue weighted by Gasteiger charge is 2.36. The molecule has 0 radical (unpaired) electrons. The van der Waals surface area contributed by atoms with E-state index in [1.165, 1.54) is 0 Å². The van der Waals surface area contributed by atoms with Crippen molar-refractivity contribution < 1.29 is 14.6 Å². The lowest BCUT2D eigenvalue weighted by atomic mass is 9.91. The zero-order chi connectivity index (χ0) is 12.9. The maximum absolute atomic E-state index is 11.5. The van der Waals surface area contributed by atoms with Crippen molar-refractivity contribution in [2.75, 3.05) is 13.7 Å². The summed E-state index contributed by atoms with van der Waals surface area (Å²) >= 11 is 0. The summed E-state index contributed by atoms with van der Waals surface area (Å²) in [6, 6.07) is 7.18. The molecule has 0 aliphatic rings. The second-order valence-electron chi connectivity index (χ2n) is 4.06. The van der Waals surface area contributed by atoms with Gasteiger partial charge >= 0.3 is 5.97 Å². The van der Waals surface area contributed by atoms with Crippen LogP contribution < -0.4 is 10.1 Å². The Morgan fingerprint density at radius 1 is 1.47 bits per heavy atom. The standard InChI is InChI=1S/C13H19NO3/c1-4-9-14-13(2,12(15)16)10-7-5-6-8-11(10)17-3/h5-8,14H,4,9H2,1-3H3,(H,15,16). The van der Waals surface area contributed by atoms with Gasteiger partial charge in [-0.25, -0.2) is 4.79 Å². The topological polar surface area (TPSA) is 58.6 Å². The molecular formula is C13H19NO3. The second-order valence-corrected chi connectivity index (χ2v) is 4.06. The minimum absolute atomic E-state index is 0.584. The van der Waals surface area contributed by atoms with Crippen LogP contribution in [-0.2, 0) is 10.3 Å². The van der Waals surface area contributed by atoms with Crippen molar-refractivity contribution >= 4 is 5.97 Å². The number of carboxylic acid groups (broad SMARTS) is 1. The summed E-state index contributed by atoms with van der Waals surface area (Å²) in [6.07, 6.45) is 0.873. The fourth-order valence-electron chi connectivity index (χ4n) is 1.72. The quantitative estimate of drug-likeness (QED) is 0.794. The zero-order valence-electron chi connectivity index (χ0n) is 10.5. The first kappa shape index (κ1) is 13.5. The Bertz CT molecular complexity index is 392. The van der Waals surface area contributed by atoms with Gasteiger partial charge in [-0.1, -0.05) is 25.1 Å². The third kappa shape index (κ3) is 2.77. The molecule has 1 rings (SSSR count). The minimum Gasteiger partial charge on any atom is -0.496 e. The average molecular weight is 237 g/mol. The van der Waals surface area contributed by atoms with Gasteiger partial charge in [-0.05, 0) is 26.0 Å². The smallest absolute Gasteiger partial charge is 0.328 e. The normalized spacial score (nSPS) is 14.1. The number of hydrogen-bond donors (Lipinski definition) is 2. The summed E-state index contributed by atoms with van der Waals surface area (Å²) in [5, 5.41) is 12.5. The Balaban J connectivity index is 3.17. The zero-order valence-corrected chi connectivity index (χ0v) is 10.5. The van der Waals surface area contributed by atoms with E-state index < -0.39 is 11.5 Å². The Kier molecular flexibility index (Phi) is 4.52. The summed E-state index contributed by atoms with van der Waals surface area (Å²) < 4.78 is 5.22. The lowest BCUT2D eigenvalue weighted by Gasteiger charge is -2.28. The number of methoxy groups -OCH3 is 1. The molecule has 0 aromatic heterocycles. The van der Waals surface area contributed by atoms with E-state index in [4.69, 9.17) is 4.74 Å². The van der Waals surface area contributed by atoms with Crippen LogP contribution in [0, 0.1) is 0 Å². The van der Waals surface area contributed by atoms with Crippen molar-refractivity contribution in [3.8, 4) is 5.75 Å². The number of carboxylic acids is 1. The van der Waals surface area contributed by atoms with Crippen LogP contribution in [0.3, 0.4) is 0 Å². The van der Waals surface area contributed by atoms with Crippen LogP contribution in [0.25, 0.3) is 0 Å². The molecule has 0 aliphatic heterocycles. The number of ether oxygens (including phenoxy) is 1. The molecular weight excluding hydrogens is 218 g/mol. The summed E-state index contributed by atoms with van der Waals surface area (Å²) in [4.78, 5) is 11.5. The second kappa shape index (κ2) is 5.68. The Hall–Kier alpha value is -1.55. The molecule has 2 N–H and O–H groups in total. The van der Waals surface area contributed by atoms with Gasteiger partial charge in [-0.15, -0.1) is 0 Å². The number of rotatable bonds is 6. The molecule has 0 saturated carbocycles. The van der Waals surface area contributed by atoms with Gasteiger partial charge in [0.2, 0.25) is 0 Å². The average Bonchev–Trinajstić information content (AvgIpc) is 2.35. The molecule has 0 amide bonds. The van der Waals surface area contributed by atoms with Gasteiger partial charge in [0.1, 0.15) is 11.3 Å². The Labute approximate surface area is 102 Å². The maximum Gasteiger partial charge on any atom is 0.328 e. The lowest BCUT2D eigenvalue weighted by molar-refractivity contribution is -0.144. The third-order valence-corrected chi connectivity index (χ3v) is 2.80. The number of carbonyl (C=O) groups is 1. The van der Waals surface area contributed by atoms with Gasteiger partial charge in [0, 0.05) is 5.56 Å². The van der Waals surface area contributed by atoms with E-state index in [1.807, 2.05) is 19.1 Å². The largest absolute Gasteiger partial charge is 0.496 e. The molecule has 17 heavy (non-hydrogen) atoms. The van der Waals surface area contributed by atoms with Crippen molar-refractivity contribution in [1.82, 2.24) is 5.32 Å². The van der Waals surface area contributed by atoms with E-state index in [0.717, 1.165) is 6.42 Å². The van der Waals surface area contributed by atoms with Gasteiger partial charge in [-0.3, -0.25) is 5.32 Å². The molecule has 0 spiro atoms. The summed E-state index contributed by atoms with van der Waals surface area (Å²) in [5.74, 6) is -0.323. The van der Waals surface area contributed by atoms with E-state index in [-0.39, 0.29) is 0 Å². The highest BCUT2D eigenvalue weighted by atomic mass is 16.5. The molecule has 1 unspecified atom stereocenters. The molecule has 0 bridgehead atoms. The molecule has 4 nitrogen and oxygen atoms in total. The first-order valence-electron chi connectivity index (χ1n) is 5.68. The molecule has 1 atom stereocenters. The number of hydrogen-bond acceptors (Lipinski definition) is 3. The van der Waals surface area contributed by atoms with Crippen molar-refractivity contribution in [2.45, 2.75) is 25.8 Å². The molecule has 0 heterocycles. The number of aliphatic carboxylic acids is 1. The molecule has 94 valence electrons. The number of benzene rings is 1. The highest BCUT2D eigenvalue weighted by Crippen LogP contribution is 2.29. The lowest BCUT2D eigenvalue weighted by Crippen LogP contribution is -2.47. The van der Waals surface area contributed by atoms with Crippen LogP contribution in [-0.4, -0.2) is 24.7 Å². The minimum atomic E-state index is -1.12. The van der Waals surface area contributed by atoms with Crippen molar-refractivity contribution in [3.63, 3.8) is 0 Å². The monoisotopic (exact) mass is 237 g/mol. The van der Waals surface area contributed by atoms with Crippen LogP contribution in [0.4, 0.5) is 0 Å². The van der Waals surface area contributed by atoms with E-state index in [9.17, 15) is 9.90 Å². The van der Waals surface area contributed by atoms with Crippen LogP contribution >= 0.6 is 0 Å². The molecule has 4 heteroatoms. The van der Waals surface area contributed by atoms with Gasteiger partial charge in [0.15, 0.2) is 0 Å². The first-order chi connectivity index (χ1) is 8.06. The van der Waals surface area contributed by atoms with Crippen molar-refractivity contribution in [1.29, 1.82) is 0 Å². The van der Waals surface area contributed by atoms with E-state index >= 15 is 0 Å². The van der Waals surface area contributed by atoms with Crippen LogP contribution in [0.15, 0.2) is 24.3 Å². The SMILES string of the molecule is CCCNC(C)(C(=O)O)c1ccccc1OC. The highest BCUT2D eigenvalue weighted by molar-refractivity contribution is 5.81. The van der Waals surface area contributed by atoms with Crippen molar-refractivity contribution in [2.24, 2.45) is 0 Å². The molecule has 0 fully saturated rings. The maximum atomic E-state index is 11.5. The third-order valence-electron chi connectivity index (χ3n) is 2.80. The molecule has 0 aliphatic carbocycles. The van der Waals surface area contributed by atoms with Gasteiger partial charge < -0.3 is 9.84 Å². The van der Waals surface area contributed by atoms with Crippen molar-refractivity contribution in [3.05, 3.63) is 29.8 Å². The number of nitrogens with one attached hydrogen (secondary N) is 1. The van der Waals surface area contributed by atoms with Gasteiger partial charge in [0.05, 0.1) is 7.11 Å². The Morgan fingerprint density at radius 2 is 2.12 bits per heavy atom. The fraction of sp³-hybridized carbons (Fsp3) is 0.462.